The molecule has 1 saturated carbocycles. The maximum absolute atomic E-state index is 15.8. The predicted molar refractivity (Wildman–Crippen MR) is 143 cm³/mol. The van der Waals surface area contributed by atoms with Gasteiger partial charge in [0, 0.05) is 49.6 Å². The maximum Gasteiger partial charge on any atom is 0.341 e. The van der Waals surface area contributed by atoms with Crippen LogP contribution in [0, 0.1) is 21.8 Å². The summed E-state index contributed by atoms with van der Waals surface area (Å²) in [6, 6.07) is 6.39. The number of piperidine rings is 1. The molecule has 3 aliphatic rings. The average molecular weight is 551 g/mol. The van der Waals surface area contributed by atoms with Crippen LogP contribution in [0.1, 0.15) is 52.4 Å². The first-order valence-corrected chi connectivity index (χ1v) is 13.2. The van der Waals surface area contributed by atoms with Crippen LogP contribution in [0.2, 0.25) is 0 Å². The largest absolute Gasteiger partial charge is 0.492 e. The third-order valence-corrected chi connectivity index (χ3v) is 8.26. The van der Waals surface area contributed by atoms with Crippen molar-refractivity contribution in [3.63, 3.8) is 0 Å². The van der Waals surface area contributed by atoms with Gasteiger partial charge in [-0.15, -0.1) is 0 Å². The number of carboxylic acid groups (broad SMARTS) is 1. The number of ether oxygens (including phenoxy) is 1. The van der Waals surface area contributed by atoms with Crippen molar-refractivity contribution in [3.8, 4) is 5.75 Å². The number of carbonyl (C=O) groups excluding carboxylic acids is 1. The standard InChI is InChI=1S/C28H27FN4O7/c1-40-26-23-19(25(34)20(28(36)37)13-32(23)17-8-9-17)11-21(29)24(26)30-12-16-3-2-10-31(22(16)14-30)27(35)15-4-6-18(7-5-15)33(38)39/h4-7,11,13,16-17,22H,2-3,8-10,12,14H2,1H3,(H,36,37)/t16-,22+/m1/s1. The molecule has 11 nitrogen and oxygen atoms in total. The predicted octanol–water partition coefficient (Wildman–Crippen LogP) is 3.83. The number of aromatic carboxylic acids is 1. The first-order valence-electron chi connectivity index (χ1n) is 13.2. The number of hydrogen-bond acceptors (Lipinski definition) is 7. The Morgan fingerprint density at radius 1 is 1.15 bits per heavy atom. The van der Waals surface area contributed by atoms with E-state index in [-0.39, 0.29) is 46.4 Å². The number of carboxylic acids is 1. The highest BCUT2D eigenvalue weighted by molar-refractivity contribution is 5.97. The van der Waals surface area contributed by atoms with Crippen molar-refractivity contribution < 1.29 is 28.7 Å². The Labute approximate surface area is 227 Å². The fourth-order valence-electron chi connectivity index (χ4n) is 6.23. The summed E-state index contributed by atoms with van der Waals surface area (Å²) in [6.07, 6.45) is 4.55. The minimum absolute atomic E-state index is 0.00983. The Kier molecular flexibility index (Phi) is 6.20. The average Bonchev–Trinajstić information content (AvgIpc) is 3.69. The number of fused-ring (bicyclic) bond motifs is 2. The topological polar surface area (TPSA) is 135 Å². The molecular formula is C28H27FN4O7. The van der Waals surface area contributed by atoms with E-state index in [1.165, 1.54) is 37.6 Å². The van der Waals surface area contributed by atoms with Crippen LogP contribution in [0.4, 0.5) is 15.8 Å². The summed E-state index contributed by atoms with van der Waals surface area (Å²) in [4.78, 5) is 52.3. The number of methoxy groups -OCH3 is 1. The number of nitro groups is 1. The molecule has 3 aromatic rings. The number of nitrogens with zero attached hydrogens (tertiary/aromatic N) is 4. The molecule has 3 fully saturated rings. The Balaban J connectivity index is 1.38. The van der Waals surface area contributed by atoms with Gasteiger partial charge in [-0.3, -0.25) is 19.7 Å². The SMILES string of the molecule is COc1c(N2C[C@H]3CCCN(C(=O)c4ccc([N+](=O)[O-])cc4)[C@H]3C2)c(F)cc2c(=O)c(C(=O)O)cn(C3CC3)c12. The monoisotopic (exact) mass is 550 g/mol. The second-order valence-corrected chi connectivity index (χ2v) is 10.6. The van der Waals surface area contributed by atoms with Crippen molar-refractivity contribution in [3.05, 3.63) is 73.8 Å². The first kappa shape index (κ1) is 25.8. The summed E-state index contributed by atoms with van der Waals surface area (Å²) in [6.45, 7) is 1.32. The summed E-state index contributed by atoms with van der Waals surface area (Å²) in [5.41, 5.74) is -0.380. The number of hydrogen-bond donors (Lipinski definition) is 1. The number of non-ortho nitro benzene ring substituents is 1. The number of carbonyl (C=O) groups is 2. The van der Waals surface area contributed by atoms with Gasteiger partial charge in [-0.05, 0) is 49.8 Å². The molecule has 2 saturated heterocycles. The molecule has 6 rings (SSSR count). The van der Waals surface area contributed by atoms with Crippen LogP contribution in [0.5, 0.6) is 5.75 Å². The molecule has 2 atom stereocenters. The van der Waals surface area contributed by atoms with Crippen LogP contribution >= 0.6 is 0 Å². The number of amides is 1. The van der Waals surface area contributed by atoms with E-state index in [1.807, 2.05) is 4.90 Å². The number of likely N-dealkylation sites (tertiary alicyclic amines) is 1. The van der Waals surface area contributed by atoms with Gasteiger partial charge in [0.15, 0.2) is 11.6 Å². The third-order valence-electron chi connectivity index (χ3n) is 8.26. The van der Waals surface area contributed by atoms with Crippen molar-refractivity contribution in [2.75, 3.05) is 31.6 Å². The minimum atomic E-state index is -1.37. The summed E-state index contributed by atoms with van der Waals surface area (Å²) >= 11 is 0. The van der Waals surface area contributed by atoms with Crippen LogP contribution in [0.25, 0.3) is 10.9 Å². The molecule has 0 spiro atoms. The fourth-order valence-corrected chi connectivity index (χ4v) is 6.23. The van der Waals surface area contributed by atoms with E-state index in [4.69, 9.17) is 4.74 Å². The highest BCUT2D eigenvalue weighted by Gasteiger charge is 2.43. The van der Waals surface area contributed by atoms with Gasteiger partial charge >= 0.3 is 5.97 Å². The number of benzene rings is 2. The number of aromatic nitrogens is 1. The molecule has 2 aromatic carbocycles. The molecule has 0 radical (unpaired) electrons. The number of pyridine rings is 1. The van der Waals surface area contributed by atoms with Crippen LogP contribution in [0.3, 0.4) is 0 Å². The van der Waals surface area contributed by atoms with Crippen LogP contribution in [0.15, 0.2) is 41.3 Å². The maximum atomic E-state index is 15.8. The van der Waals surface area contributed by atoms with Gasteiger partial charge in [0.05, 0.1) is 29.0 Å². The highest BCUT2D eigenvalue weighted by atomic mass is 19.1. The van der Waals surface area contributed by atoms with E-state index >= 15 is 4.39 Å². The van der Waals surface area contributed by atoms with E-state index in [1.54, 1.807) is 9.47 Å². The third kappa shape index (κ3) is 4.14. The molecule has 12 heteroatoms. The number of rotatable bonds is 6. The van der Waals surface area contributed by atoms with E-state index in [2.05, 4.69) is 0 Å². The zero-order chi connectivity index (χ0) is 28.3. The van der Waals surface area contributed by atoms with E-state index in [9.17, 15) is 29.6 Å². The zero-order valence-electron chi connectivity index (χ0n) is 21.7. The van der Waals surface area contributed by atoms with Gasteiger partial charge in [0.2, 0.25) is 5.43 Å². The molecule has 3 heterocycles. The van der Waals surface area contributed by atoms with Crippen molar-refractivity contribution in [1.29, 1.82) is 0 Å². The van der Waals surface area contributed by atoms with Gasteiger partial charge in [0.1, 0.15) is 11.3 Å². The molecule has 1 aliphatic carbocycles. The van der Waals surface area contributed by atoms with E-state index in [0.29, 0.717) is 30.7 Å². The highest BCUT2D eigenvalue weighted by Crippen LogP contribution is 2.45. The van der Waals surface area contributed by atoms with E-state index < -0.39 is 27.7 Å². The summed E-state index contributed by atoms with van der Waals surface area (Å²) in [7, 11) is 1.40. The lowest BCUT2D eigenvalue weighted by Crippen LogP contribution is -2.48. The molecule has 0 bridgehead atoms. The number of anilines is 1. The number of halogens is 1. The van der Waals surface area contributed by atoms with Crippen LogP contribution < -0.4 is 15.1 Å². The lowest BCUT2D eigenvalue weighted by Gasteiger charge is -2.37. The van der Waals surface area contributed by atoms with E-state index in [0.717, 1.165) is 31.7 Å². The zero-order valence-corrected chi connectivity index (χ0v) is 21.7. The molecule has 1 aromatic heterocycles. The molecule has 1 N–H and O–H groups in total. The fraction of sp³-hybridized carbons (Fsp3) is 0.393. The van der Waals surface area contributed by atoms with Crippen LogP contribution in [-0.2, 0) is 0 Å². The number of nitro benzene ring substituents is 1. The Morgan fingerprint density at radius 2 is 1.88 bits per heavy atom. The van der Waals surface area contributed by atoms with Gasteiger partial charge in [0.25, 0.3) is 11.6 Å². The molecule has 208 valence electrons. The Bertz CT molecular complexity index is 1620. The van der Waals surface area contributed by atoms with Crippen molar-refractivity contribution in [2.45, 2.75) is 37.8 Å². The minimum Gasteiger partial charge on any atom is -0.492 e. The molecule has 1 amide bonds. The summed E-state index contributed by atoms with van der Waals surface area (Å²) < 4.78 is 23.3. The van der Waals surface area contributed by atoms with Crippen molar-refractivity contribution in [1.82, 2.24) is 9.47 Å². The summed E-state index contributed by atoms with van der Waals surface area (Å²) in [5.74, 6) is -2.07. The van der Waals surface area contributed by atoms with Crippen molar-refractivity contribution in [2.24, 2.45) is 5.92 Å². The molecule has 2 aliphatic heterocycles. The van der Waals surface area contributed by atoms with Crippen molar-refractivity contribution >= 4 is 34.2 Å². The van der Waals surface area contributed by atoms with Gasteiger partial charge in [-0.2, -0.15) is 0 Å². The second-order valence-electron chi connectivity index (χ2n) is 10.6. The lowest BCUT2D eigenvalue weighted by molar-refractivity contribution is -0.384. The normalized spacial score (nSPS) is 20.4. The molecule has 40 heavy (non-hydrogen) atoms. The Morgan fingerprint density at radius 3 is 2.50 bits per heavy atom. The van der Waals surface area contributed by atoms with Gasteiger partial charge < -0.3 is 24.2 Å². The quantitative estimate of drug-likeness (QED) is 0.361. The van der Waals surface area contributed by atoms with Gasteiger partial charge in [-0.25, -0.2) is 9.18 Å². The van der Waals surface area contributed by atoms with Gasteiger partial charge in [-0.1, -0.05) is 0 Å². The molecule has 0 unspecified atom stereocenters. The first-order chi connectivity index (χ1) is 19.2. The Hall–Kier alpha value is -4.48. The molecular weight excluding hydrogens is 523 g/mol. The smallest absolute Gasteiger partial charge is 0.341 e. The van der Waals surface area contributed by atoms with Crippen LogP contribution in [-0.4, -0.2) is 64.2 Å². The summed E-state index contributed by atoms with van der Waals surface area (Å²) in [5, 5.41) is 20.5. The second kappa shape index (κ2) is 9.61. The lowest BCUT2D eigenvalue weighted by atomic mass is 9.91.